The Morgan fingerprint density at radius 1 is 0.789 bits per heavy atom. The largest absolute Gasteiger partial charge is 0.445 e. The van der Waals surface area contributed by atoms with Gasteiger partial charge in [0, 0.05) is 27.5 Å². The Kier molecular flexibility index (Phi) is 13.3. The van der Waals surface area contributed by atoms with Crippen molar-refractivity contribution in [2.75, 3.05) is 26.2 Å². The van der Waals surface area contributed by atoms with Gasteiger partial charge in [-0.2, -0.15) is 0 Å². The van der Waals surface area contributed by atoms with E-state index in [1.54, 1.807) is 16.7 Å². The van der Waals surface area contributed by atoms with Crippen molar-refractivity contribution < 1.29 is 25.2 Å². The van der Waals surface area contributed by atoms with E-state index in [1.807, 2.05) is 60.7 Å². The van der Waals surface area contributed by atoms with Gasteiger partial charge in [0.1, 0.15) is 13.2 Å². The molecule has 0 saturated carbocycles. The van der Waals surface area contributed by atoms with Crippen LogP contribution < -0.4 is 0 Å². The molecule has 2 aromatic rings. The van der Waals surface area contributed by atoms with Crippen LogP contribution in [0.1, 0.15) is 59.4 Å². The van der Waals surface area contributed by atoms with Gasteiger partial charge in [-0.1, -0.05) is 94.1 Å². The van der Waals surface area contributed by atoms with Crippen molar-refractivity contribution in [2.45, 2.75) is 72.4 Å². The maximum absolute atomic E-state index is 11.9. The standard InChI is InChI=1S/C14H17NO3.C14H17NO2.C2H6.CH4/c16-14(17-10-11-4-2-1-3-5-11)15-8-6-12-13(18-12)7-9-15;16-14(15-10-6-1-2-7-11-15)17-12-13-8-4-3-5-9-13;1-2;/h1-5,12-13H,6-10H2;1-5,8-9H,6-7,10-12H2;1-2H3;1H4/i;;1D;. The molecule has 2 amide bonds. The van der Waals surface area contributed by atoms with Crippen molar-refractivity contribution in [3.63, 3.8) is 0 Å². The second kappa shape index (κ2) is 17.2. The summed E-state index contributed by atoms with van der Waals surface area (Å²) >= 11 is 0. The van der Waals surface area contributed by atoms with Crippen LogP contribution >= 0.6 is 0 Å². The molecule has 0 radical (unpaired) electrons. The van der Waals surface area contributed by atoms with E-state index >= 15 is 0 Å². The Bertz CT molecular complexity index is 967. The van der Waals surface area contributed by atoms with Crippen LogP contribution in [0, 0.1) is 0 Å². The number of rotatable bonds is 4. The molecule has 208 valence electrons. The lowest BCUT2D eigenvalue weighted by atomic mass is 10.2. The van der Waals surface area contributed by atoms with Crippen molar-refractivity contribution in [1.29, 1.82) is 0 Å². The van der Waals surface area contributed by atoms with Crippen molar-refractivity contribution in [3.05, 3.63) is 83.9 Å². The maximum Gasteiger partial charge on any atom is 0.410 e. The van der Waals surface area contributed by atoms with Crippen LogP contribution in [0.3, 0.4) is 0 Å². The third-order valence-electron chi connectivity index (χ3n) is 6.28. The van der Waals surface area contributed by atoms with Crippen LogP contribution in [-0.4, -0.2) is 60.4 Å². The molecule has 3 heterocycles. The Morgan fingerprint density at radius 2 is 1.18 bits per heavy atom. The molecule has 7 nitrogen and oxygen atoms in total. The van der Waals surface area contributed by atoms with E-state index in [9.17, 15) is 9.59 Å². The molecule has 2 atom stereocenters. The van der Waals surface area contributed by atoms with Crippen LogP contribution in [0.4, 0.5) is 9.59 Å². The zero-order valence-electron chi connectivity index (χ0n) is 22.8. The predicted molar refractivity (Wildman–Crippen MR) is 151 cm³/mol. The Morgan fingerprint density at radius 3 is 1.61 bits per heavy atom. The van der Waals surface area contributed by atoms with Gasteiger partial charge in [-0.3, -0.25) is 0 Å². The summed E-state index contributed by atoms with van der Waals surface area (Å²) in [5.41, 5.74) is 2.04. The van der Waals surface area contributed by atoms with Gasteiger partial charge in [-0.25, -0.2) is 9.59 Å². The summed E-state index contributed by atoms with van der Waals surface area (Å²) in [6, 6.07) is 19.5. The van der Waals surface area contributed by atoms with Crippen molar-refractivity contribution in [1.82, 2.24) is 9.80 Å². The van der Waals surface area contributed by atoms with Crippen LogP contribution in [0.15, 0.2) is 72.8 Å². The zero-order chi connectivity index (χ0) is 27.0. The normalized spacial score (nSPS) is 19.8. The first-order chi connectivity index (χ1) is 18.6. The number of carbonyl (C=O) groups is 2. The van der Waals surface area contributed by atoms with E-state index in [0.29, 0.717) is 32.3 Å². The highest BCUT2D eigenvalue weighted by Crippen LogP contribution is 2.31. The van der Waals surface area contributed by atoms with E-state index in [-0.39, 0.29) is 19.6 Å². The number of likely N-dealkylation sites (tertiary alicyclic amines) is 1. The van der Waals surface area contributed by atoms with Gasteiger partial charge in [0.15, 0.2) is 0 Å². The molecule has 0 aromatic heterocycles. The van der Waals surface area contributed by atoms with E-state index in [2.05, 4.69) is 12.2 Å². The minimum Gasteiger partial charge on any atom is -0.445 e. The predicted octanol–water partition coefficient (Wildman–Crippen LogP) is 6.82. The highest BCUT2D eigenvalue weighted by molar-refractivity contribution is 5.68. The SMILES string of the molecule is C.O=C(OCc1ccccc1)N1CCC2OC2CC1.O=C(OCc1ccccc1)N1CCC=CCC1.[2H]CC. The van der Waals surface area contributed by atoms with E-state index in [1.165, 1.54) is 0 Å². The number of hydrogen-bond acceptors (Lipinski definition) is 5. The lowest BCUT2D eigenvalue weighted by Crippen LogP contribution is -2.33. The molecule has 0 aliphatic carbocycles. The fraction of sp³-hybridized carbons (Fsp3) is 0.484. The van der Waals surface area contributed by atoms with E-state index in [0.717, 1.165) is 63.0 Å². The number of benzene rings is 2. The summed E-state index contributed by atoms with van der Waals surface area (Å²) in [6.45, 7) is 5.99. The number of ether oxygens (including phenoxy) is 3. The minimum absolute atomic E-state index is 0. The maximum atomic E-state index is 11.9. The van der Waals surface area contributed by atoms with E-state index < -0.39 is 0 Å². The zero-order valence-corrected chi connectivity index (χ0v) is 21.8. The van der Waals surface area contributed by atoms with Crippen LogP contribution in [0.25, 0.3) is 0 Å². The van der Waals surface area contributed by atoms with Gasteiger partial charge in [0.05, 0.1) is 12.2 Å². The van der Waals surface area contributed by atoms with Gasteiger partial charge in [-0.05, 0) is 36.8 Å². The molecule has 2 unspecified atom stereocenters. The summed E-state index contributed by atoms with van der Waals surface area (Å²) in [7, 11) is 0. The van der Waals surface area contributed by atoms with Crippen LogP contribution in [0.5, 0.6) is 0 Å². The molecule has 2 fully saturated rings. The fourth-order valence-electron chi connectivity index (χ4n) is 4.16. The average molecular weight is 526 g/mol. The molecule has 0 N–H and O–H groups in total. The highest BCUT2D eigenvalue weighted by atomic mass is 16.6. The number of carbonyl (C=O) groups excluding carboxylic acids is 2. The molecule has 3 aliphatic heterocycles. The molecular weight excluding hydrogens is 480 g/mol. The molecule has 2 aromatic carbocycles. The highest BCUT2D eigenvalue weighted by Gasteiger charge is 2.41. The third-order valence-corrected chi connectivity index (χ3v) is 6.28. The lowest BCUT2D eigenvalue weighted by molar-refractivity contribution is 0.0934. The number of nitrogens with zero attached hydrogens (tertiary/aromatic N) is 2. The molecule has 3 aliphatic rings. The van der Waals surface area contributed by atoms with Gasteiger partial charge in [0.2, 0.25) is 0 Å². The van der Waals surface area contributed by atoms with Gasteiger partial charge >= 0.3 is 12.2 Å². The second-order valence-electron chi connectivity index (χ2n) is 8.89. The Balaban J connectivity index is 0.000000243. The van der Waals surface area contributed by atoms with Crippen molar-refractivity contribution in [2.24, 2.45) is 0 Å². The Labute approximate surface area is 229 Å². The first kappa shape index (κ1) is 29.2. The summed E-state index contributed by atoms with van der Waals surface area (Å²) in [4.78, 5) is 27.3. The smallest absolute Gasteiger partial charge is 0.410 e. The Hall–Kier alpha value is -3.32. The molecule has 0 spiro atoms. The fourth-order valence-corrected chi connectivity index (χ4v) is 4.16. The van der Waals surface area contributed by atoms with Gasteiger partial charge in [0.25, 0.3) is 0 Å². The minimum atomic E-state index is -0.211. The van der Waals surface area contributed by atoms with Crippen molar-refractivity contribution >= 4 is 12.2 Å². The molecular formula is C31H44N2O5. The molecule has 38 heavy (non-hydrogen) atoms. The number of hydrogen-bond donors (Lipinski definition) is 0. The quantitative estimate of drug-likeness (QED) is 0.323. The number of fused-ring (bicyclic) bond motifs is 1. The second-order valence-corrected chi connectivity index (χ2v) is 8.89. The average Bonchev–Trinajstić information content (AvgIpc) is 3.76. The summed E-state index contributed by atoms with van der Waals surface area (Å²) in [5, 5.41) is 0. The number of epoxide rings is 1. The van der Waals surface area contributed by atoms with Gasteiger partial charge in [-0.15, -0.1) is 0 Å². The van der Waals surface area contributed by atoms with Crippen LogP contribution in [-0.2, 0) is 27.4 Å². The summed E-state index contributed by atoms with van der Waals surface area (Å²) in [6.07, 6.45) is 8.29. The molecule has 0 bridgehead atoms. The lowest BCUT2D eigenvalue weighted by Gasteiger charge is -2.20. The first-order valence-corrected chi connectivity index (χ1v) is 13.1. The van der Waals surface area contributed by atoms with Gasteiger partial charge < -0.3 is 24.0 Å². The molecule has 5 rings (SSSR count). The topological polar surface area (TPSA) is 71.6 Å². The van der Waals surface area contributed by atoms with E-state index in [4.69, 9.17) is 15.6 Å². The molecule has 7 heteroatoms. The summed E-state index contributed by atoms with van der Waals surface area (Å²) < 4.78 is 22.2. The monoisotopic (exact) mass is 525 g/mol. The summed E-state index contributed by atoms with van der Waals surface area (Å²) in [5.74, 6) is 0. The number of amides is 2. The van der Waals surface area contributed by atoms with Crippen LogP contribution in [0.2, 0.25) is 0 Å². The van der Waals surface area contributed by atoms with Crippen molar-refractivity contribution in [3.8, 4) is 0 Å². The first-order valence-electron chi connectivity index (χ1n) is 13.8. The third kappa shape index (κ3) is 10.6. The molecule has 2 saturated heterocycles.